The summed E-state index contributed by atoms with van der Waals surface area (Å²) >= 11 is 0. The molecule has 0 aromatic heterocycles. The van der Waals surface area contributed by atoms with Crippen LogP contribution in [0.2, 0.25) is 0 Å². The maximum absolute atomic E-state index is 11.6. The molecule has 3 N–H and O–H groups in total. The van der Waals surface area contributed by atoms with Crippen LogP contribution in [0.15, 0.2) is 36.4 Å². The molecule has 0 fully saturated rings. The Bertz CT molecular complexity index is 653. The highest BCUT2D eigenvalue weighted by atomic mass is 16.3. The molecule has 0 aliphatic carbocycles. The third-order valence-corrected chi connectivity index (χ3v) is 2.86. The average Bonchev–Trinajstić information content (AvgIpc) is 2.44. The van der Waals surface area contributed by atoms with Crippen molar-refractivity contribution in [3.8, 4) is 0 Å². The summed E-state index contributed by atoms with van der Waals surface area (Å²) in [4.78, 5) is 23.0. The number of anilines is 1. The van der Waals surface area contributed by atoms with E-state index in [2.05, 4.69) is 16.7 Å². The van der Waals surface area contributed by atoms with Gasteiger partial charge in [-0.1, -0.05) is 29.8 Å². The van der Waals surface area contributed by atoms with E-state index in [0.29, 0.717) is 5.69 Å². The minimum atomic E-state index is -0.761. The van der Waals surface area contributed by atoms with Crippen molar-refractivity contribution in [3.05, 3.63) is 42.0 Å². The van der Waals surface area contributed by atoms with Crippen molar-refractivity contribution in [3.63, 3.8) is 0 Å². The number of fused-ring (bicyclic) bond motifs is 1. The van der Waals surface area contributed by atoms with Crippen molar-refractivity contribution in [1.82, 2.24) is 5.32 Å². The lowest BCUT2D eigenvalue weighted by molar-refractivity contribution is -0.136. The summed E-state index contributed by atoms with van der Waals surface area (Å²) in [5.41, 5.74) is 1.73. The zero-order valence-corrected chi connectivity index (χ0v) is 11.1. The highest BCUT2D eigenvalue weighted by molar-refractivity contribution is 6.39. The van der Waals surface area contributed by atoms with Gasteiger partial charge < -0.3 is 15.7 Å². The lowest BCUT2D eigenvalue weighted by Gasteiger charge is -2.07. The number of rotatable bonds is 3. The molecule has 5 heteroatoms. The Kier molecular flexibility index (Phi) is 4.32. The fourth-order valence-corrected chi connectivity index (χ4v) is 1.88. The zero-order valence-electron chi connectivity index (χ0n) is 11.1. The lowest BCUT2D eigenvalue weighted by Crippen LogP contribution is -2.36. The Hall–Kier alpha value is -2.40. The maximum Gasteiger partial charge on any atom is 0.313 e. The number of aryl methyl sites for hydroxylation is 1. The molecule has 0 atom stereocenters. The second-order valence-corrected chi connectivity index (χ2v) is 4.50. The van der Waals surface area contributed by atoms with Gasteiger partial charge in [0, 0.05) is 12.2 Å². The smallest absolute Gasteiger partial charge is 0.313 e. The van der Waals surface area contributed by atoms with E-state index in [0.717, 1.165) is 16.3 Å². The molecule has 2 amide bonds. The van der Waals surface area contributed by atoms with E-state index in [1.165, 1.54) is 0 Å². The van der Waals surface area contributed by atoms with Gasteiger partial charge in [0.2, 0.25) is 0 Å². The molecule has 0 radical (unpaired) electrons. The quantitative estimate of drug-likeness (QED) is 0.734. The van der Waals surface area contributed by atoms with E-state index in [1.54, 1.807) is 6.07 Å². The van der Waals surface area contributed by atoms with Crippen LogP contribution in [0.5, 0.6) is 0 Å². The molecule has 0 saturated heterocycles. The van der Waals surface area contributed by atoms with E-state index in [9.17, 15) is 9.59 Å². The molecule has 0 saturated carbocycles. The Labute approximate surface area is 116 Å². The van der Waals surface area contributed by atoms with Crippen molar-refractivity contribution in [2.75, 3.05) is 18.5 Å². The van der Waals surface area contributed by atoms with Crippen molar-refractivity contribution in [2.24, 2.45) is 0 Å². The van der Waals surface area contributed by atoms with Crippen LogP contribution in [0.25, 0.3) is 10.8 Å². The number of carbonyl (C=O) groups excluding carboxylic acids is 2. The molecule has 0 bridgehead atoms. The largest absolute Gasteiger partial charge is 0.395 e. The molecule has 2 aromatic rings. The van der Waals surface area contributed by atoms with Crippen LogP contribution in [-0.2, 0) is 9.59 Å². The average molecular weight is 272 g/mol. The van der Waals surface area contributed by atoms with Gasteiger partial charge in [-0.25, -0.2) is 0 Å². The Morgan fingerprint density at radius 3 is 2.50 bits per heavy atom. The molecule has 2 rings (SSSR count). The summed E-state index contributed by atoms with van der Waals surface area (Å²) in [6.45, 7) is 1.87. The predicted molar refractivity (Wildman–Crippen MR) is 77.4 cm³/mol. The SMILES string of the molecule is Cc1ccc2cc(NC(=O)C(=O)NCCO)ccc2c1. The standard InChI is InChI=1S/C15H16N2O3/c1-10-2-3-12-9-13(5-4-11(12)8-10)17-15(20)14(19)16-6-7-18/h2-5,8-9,18H,6-7H2,1H3,(H,16,19)(H,17,20). The Morgan fingerprint density at radius 2 is 1.75 bits per heavy atom. The van der Waals surface area contributed by atoms with Crippen LogP contribution >= 0.6 is 0 Å². The van der Waals surface area contributed by atoms with Crippen molar-refractivity contribution in [2.45, 2.75) is 6.92 Å². The maximum atomic E-state index is 11.6. The van der Waals surface area contributed by atoms with Crippen LogP contribution < -0.4 is 10.6 Å². The molecule has 0 heterocycles. The van der Waals surface area contributed by atoms with Crippen molar-refractivity contribution >= 4 is 28.3 Å². The number of aliphatic hydroxyl groups excluding tert-OH is 1. The summed E-state index contributed by atoms with van der Waals surface area (Å²) < 4.78 is 0. The summed E-state index contributed by atoms with van der Waals surface area (Å²) in [5.74, 6) is -1.51. The van der Waals surface area contributed by atoms with Crippen molar-refractivity contribution < 1.29 is 14.7 Å². The molecule has 0 aliphatic rings. The number of aliphatic hydroxyl groups is 1. The lowest BCUT2D eigenvalue weighted by atomic mass is 10.1. The van der Waals surface area contributed by atoms with E-state index in [4.69, 9.17) is 5.11 Å². The number of nitrogens with one attached hydrogen (secondary N) is 2. The molecule has 0 unspecified atom stereocenters. The molecule has 104 valence electrons. The molecule has 20 heavy (non-hydrogen) atoms. The number of hydrogen-bond acceptors (Lipinski definition) is 3. The highest BCUT2D eigenvalue weighted by Crippen LogP contribution is 2.20. The van der Waals surface area contributed by atoms with Gasteiger partial charge in [0.15, 0.2) is 0 Å². The Morgan fingerprint density at radius 1 is 1.05 bits per heavy atom. The van der Waals surface area contributed by atoms with Crippen LogP contribution in [0.3, 0.4) is 0 Å². The minimum absolute atomic E-state index is 0.0588. The van der Waals surface area contributed by atoms with Crippen LogP contribution in [0.4, 0.5) is 5.69 Å². The van der Waals surface area contributed by atoms with Crippen LogP contribution in [0.1, 0.15) is 5.56 Å². The molecule has 2 aromatic carbocycles. The number of benzene rings is 2. The van der Waals surface area contributed by atoms with Gasteiger partial charge in [0.05, 0.1) is 6.61 Å². The number of carbonyl (C=O) groups is 2. The molecule has 5 nitrogen and oxygen atoms in total. The predicted octanol–water partition coefficient (Wildman–Crippen LogP) is 1.20. The van der Waals surface area contributed by atoms with Crippen LogP contribution in [-0.4, -0.2) is 30.1 Å². The first-order valence-corrected chi connectivity index (χ1v) is 6.30. The highest BCUT2D eigenvalue weighted by Gasteiger charge is 2.12. The molecular weight excluding hydrogens is 256 g/mol. The first-order valence-electron chi connectivity index (χ1n) is 6.30. The monoisotopic (exact) mass is 272 g/mol. The first-order chi connectivity index (χ1) is 9.60. The summed E-state index contributed by atoms with van der Waals surface area (Å²) in [6.07, 6.45) is 0. The third-order valence-electron chi connectivity index (χ3n) is 2.86. The topological polar surface area (TPSA) is 78.4 Å². The van der Waals surface area contributed by atoms with Gasteiger partial charge in [0.25, 0.3) is 0 Å². The summed E-state index contributed by atoms with van der Waals surface area (Å²) in [7, 11) is 0. The summed E-state index contributed by atoms with van der Waals surface area (Å²) in [6, 6.07) is 11.5. The molecule has 0 spiro atoms. The Balaban J connectivity index is 2.12. The van der Waals surface area contributed by atoms with Gasteiger partial charge in [-0.2, -0.15) is 0 Å². The zero-order chi connectivity index (χ0) is 14.5. The minimum Gasteiger partial charge on any atom is -0.395 e. The van der Waals surface area contributed by atoms with E-state index < -0.39 is 11.8 Å². The summed E-state index contributed by atoms with van der Waals surface area (Å²) in [5, 5.41) is 15.5. The second kappa shape index (κ2) is 6.16. The van der Waals surface area contributed by atoms with Crippen LogP contribution in [0, 0.1) is 6.92 Å². The van der Waals surface area contributed by atoms with Gasteiger partial charge in [-0.3, -0.25) is 9.59 Å². The van der Waals surface area contributed by atoms with Crippen molar-refractivity contribution in [1.29, 1.82) is 0 Å². The van der Waals surface area contributed by atoms with E-state index in [-0.39, 0.29) is 13.2 Å². The fraction of sp³-hybridized carbons (Fsp3) is 0.200. The van der Waals surface area contributed by atoms with Gasteiger partial charge in [-0.15, -0.1) is 0 Å². The van der Waals surface area contributed by atoms with E-state index >= 15 is 0 Å². The van der Waals surface area contributed by atoms with Gasteiger partial charge >= 0.3 is 11.8 Å². The molecular formula is C15H16N2O3. The van der Waals surface area contributed by atoms with Gasteiger partial charge in [0.1, 0.15) is 0 Å². The van der Waals surface area contributed by atoms with E-state index in [1.807, 2.05) is 31.2 Å². The first kappa shape index (κ1) is 14.0. The normalized spacial score (nSPS) is 10.3. The number of amides is 2. The third kappa shape index (κ3) is 3.33. The number of hydrogen-bond donors (Lipinski definition) is 3. The molecule has 0 aliphatic heterocycles. The second-order valence-electron chi connectivity index (χ2n) is 4.50. The fourth-order valence-electron chi connectivity index (χ4n) is 1.88. The van der Waals surface area contributed by atoms with Gasteiger partial charge in [-0.05, 0) is 29.8 Å².